The summed E-state index contributed by atoms with van der Waals surface area (Å²) in [6, 6.07) is 1.62. The Morgan fingerprint density at radius 3 is 3.20 bits per heavy atom. The van der Waals surface area contributed by atoms with Crippen LogP contribution in [-0.4, -0.2) is 27.2 Å². The number of aromatic nitrogens is 3. The van der Waals surface area contributed by atoms with Crippen molar-refractivity contribution in [3.63, 3.8) is 0 Å². The fourth-order valence-electron chi connectivity index (χ4n) is 1.26. The van der Waals surface area contributed by atoms with E-state index in [0.717, 1.165) is 0 Å². The second-order valence-corrected chi connectivity index (χ2v) is 3.14. The Labute approximate surface area is 90.6 Å². The molecule has 78 valence electrons. The summed E-state index contributed by atoms with van der Waals surface area (Å²) < 4.78 is 6.37. The molecular weight excluding hydrogens is 218 g/mol. The third kappa shape index (κ3) is 1.78. The van der Waals surface area contributed by atoms with Crippen LogP contribution in [0.4, 0.5) is 0 Å². The minimum atomic E-state index is -0.383. The third-order valence-electron chi connectivity index (χ3n) is 1.88. The van der Waals surface area contributed by atoms with Crippen molar-refractivity contribution in [2.45, 2.75) is 6.92 Å². The zero-order valence-corrected chi connectivity index (χ0v) is 8.73. The van der Waals surface area contributed by atoms with Crippen LogP contribution in [0.15, 0.2) is 18.5 Å². The molecule has 0 aliphatic rings. The molecule has 2 heterocycles. The SMILES string of the molecule is CCOC(=O)c1ccn2nc(Cl)ncc12. The van der Waals surface area contributed by atoms with Crippen LogP contribution in [0.1, 0.15) is 17.3 Å². The monoisotopic (exact) mass is 225 g/mol. The number of hydrogen-bond donors (Lipinski definition) is 0. The van der Waals surface area contributed by atoms with Gasteiger partial charge in [0, 0.05) is 6.20 Å². The molecule has 2 aromatic heterocycles. The molecule has 5 nitrogen and oxygen atoms in total. The number of hydrogen-bond acceptors (Lipinski definition) is 4. The third-order valence-corrected chi connectivity index (χ3v) is 2.06. The molecule has 0 fully saturated rings. The molecule has 15 heavy (non-hydrogen) atoms. The van der Waals surface area contributed by atoms with Gasteiger partial charge < -0.3 is 4.74 Å². The van der Waals surface area contributed by atoms with Crippen LogP contribution in [0.25, 0.3) is 5.52 Å². The first-order chi connectivity index (χ1) is 7.22. The number of halogens is 1. The number of carbonyl (C=O) groups is 1. The number of esters is 1. The smallest absolute Gasteiger partial charge is 0.340 e. The molecule has 6 heteroatoms. The van der Waals surface area contributed by atoms with Gasteiger partial charge in [0.25, 0.3) is 0 Å². The molecule has 0 aliphatic heterocycles. The summed E-state index contributed by atoms with van der Waals surface area (Å²) in [5.41, 5.74) is 1.02. The molecule has 0 unspecified atom stereocenters. The second kappa shape index (κ2) is 3.86. The van der Waals surface area contributed by atoms with Crippen molar-refractivity contribution >= 4 is 23.1 Å². The van der Waals surface area contributed by atoms with E-state index in [-0.39, 0.29) is 11.3 Å². The number of ether oxygens (including phenoxy) is 1. The van der Waals surface area contributed by atoms with Crippen LogP contribution < -0.4 is 0 Å². The van der Waals surface area contributed by atoms with Crippen LogP contribution in [0.5, 0.6) is 0 Å². The van der Waals surface area contributed by atoms with E-state index in [0.29, 0.717) is 17.7 Å². The Morgan fingerprint density at radius 2 is 2.47 bits per heavy atom. The summed E-state index contributed by atoms with van der Waals surface area (Å²) in [6.45, 7) is 2.09. The van der Waals surface area contributed by atoms with Crippen LogP contribution in [0.2, 0.25) is 5.28 Å². The van der Waals surface area contributed by atoms with Gasteiger partial charge in [0.2, 0.25) is 5.28 Å². The molecule has 0 radical (unpaired) electrons. The molecule has 0 aromatic carbocycles. The van der Waals surface area contributed by atoms with Crippen molar-refractivity contribution < 1.29 is 9.53 Å². The van der Waals surface area contributed by atoms with Gasteiger partial charge in [-0.2, -0.15) is 0 Å². The lowest BCUT2D eigenvalue weighted by Crippen LogP contribution is -2.04. The van der Waals surface area contributed by atoms with Gasteiger partial charge in [-0.15, -0.1) is 5.10 Å². The predicted octanol–water partition coefficient (Wildman–Crippen LogP) is 1.56. The zero-order chi connectivity index (χ0) is 10.8. The lowest BCUT2D eigenvalue weighted by molar-refractivity contribution is 0.0529. The molecule has 0 saturated heterocycles. The van der Waals surface area contributed by atoms with Gasteiger partial charge in [-0.25, -0.2) is 14.3 Å². The van der Waals surface area contributed by atoms with E-state index in [1.807, 2.05) is 0 Å². The standard InChI is InChI=1S/C9H8ClN3O2/c1-2-15-8(14)6-3-4-13-7(6)5-11-9(10)12-13/h3-5H,2H2,1H3. The van der Waals surface area contributed by atoms with E-state index < -0.39 is 0 Å². The van der Waals surface area contributed by atoms with E-state index in [2.05, 4.69) is 10.1 Å². The van der Waals surface area contributed by atoms with E-state index in [9.17, 15) is 4.79 Å². The van der Waals surface area contributed by atoms with Gasteiger partial charge in [0.05, 0.1) is 23.9 Å². The highest BCUT2D eigenvalue weighted by Crippen LogP contribution is 2.13. The largest absolute Gasteiger partial charge is 0.462 e. The number of carbonyl (C=O) groups excluding carboxylic acids is 1. The van der Waals surface area contributed by atoms with Crippen molar-refractivity contribution in [2.75, 3.05) is 6.61 Å². The maximum Gasteiger partial charge on any atom is 0.340 e. The van der Waals surface area contributed by atoms with Crippen molar-refractivity contribution in [3.8, 4) is 0 Å². The number of rotatable bonds is 2. The summed E-state index contributed by atoms with van der Waals surface area (Å²) in [5.74, 6) is -0.383. The average Bonchev–Trinajstić information content (AvgIpc) is 2.60. The first-order valence-electron chi connectivity index (χ1n) is 4.39. The van der Waals surface area contributed by atoms with Crippen LogP contribution >= 0.6 is 11.6 Å². The summed E-state index contributed by atoms with van der Waals surface area (Å²) in [4.78, 5) is 15.3. The van der Waals surface area contributed by atoms with Gasteiger partial charge >= 0.3 is 5.97 Å². The Morgan fingerprint density at radius 1 is 1.67 bits per heavy atom. The molecule has 0 amide bonds. The van der Waals surface area contributed by atoms with Gasteiger partial charge in [0.15, 0.2) is 0 Å². The summed E-state index contributed by atoms with van der Waals surface area (Å²) in [7, 11) is 0. The zero-order valence-electron chi connectivity index (χ0n) is 7.98. The van der Waals surface area contributed by atoms with Crippen molar-refractivity contribution in [1.29, 1.82) is 0 Å². The lowest BCUT2D eigenvalue weighted by atomic mass is 10.3. The maximum atomic E-state index is 11.5. The Hall–Kier alpha value is -1.62. The Kier molecular flexibility index (Phi) is 2.55. The van der Waals surface area contributed by atoms with E-state index in [4.69, 9.17) is 16.3 Å². The van der Waals surface area contributed by atoms with E-state index in [1.54, 1.807) is 19.2 Å². The quantitative estimate of drug-likeness (QED) is 0.728. The molecule has 0 aliphatic carbocycles. The van der Waals surface area contributed by atoms with Crippen molar-refractivity contribution in [1.82, 2.24) is 14.6 Å². The van der Waals surface area contributed by atoms with Gasteiger partial charge in [-0.1, -0.05) is 0 Å². The van der Waals surface area contributed by atoms with Crippen molar-refractivity contribution in [2.24, 2.45) is 0 Å². The molecule has 2 aromatic rings. The second-order valence-electron chi connectivity index (χ2n) is 2.81. The Balaban J connectivity index is 2.49. The van der Waals surface area contributed by atoms with Crippen molar-refractivity contribution in [3.05, 3.63) is 29.3 Å². The van der Waals surface area contributed by atoms with Crippen LogP contribution in [0.3, 0.4) is 0 Å². The lowest BCUT2D eigenvalue weighted by Gasteiger charge is -1.99. The minimum absolute atomic E-state index is 0.133. The fourth-order valence-corrected chi connectivity index (χ4v) is 1.39. The Bertz CT molecular complexity index is 509. The van der Waals surface area contributed by atoms with Crippen LogP contribution in [-0.2, 0) is 4.74 Å². The highest BCUT2D eigenvalue weighted by molar-refractivity contribution is 6.28. The highest BCUT2D eigenvalue weighted by atomic mass is 35.5. The summed E-state index contributed by atoms with van der Waals surface area (Å²) in [5, 5.41) is 4.03. The van der Waals surface area contributed by atoms with Gasteiger partial charge in [-0.05, 0) is 24.6 Å². The fraction of sp³-hybridized carbons (Fsp3) is 0.222. The topological polar surface area (TPSA) is 56.5 Å². The number of fused-ring (bicyclic) bond motifs is 1. The van der Waals surface area contributed by atoms with Crippen LogP contribution in [0, 0.1) is 0 Å². The van der Waals surface area contributed by atoms with E-state index in [1.165, 1.54) is 10.7 Å². The maximum absolute atomic E-state index is 11.5. The van der Waals surface area contributed by atoms with Gasteiger partial charge in [-0.3, -0.25) is 0 Å². The predicted molar refractivity (Wildman–Crippen MR) is 54.0 cm³/mol. The molecule has 0 saturated carbocycles. The molecule has 0 spiro atoms. The van der Waals surface area contributed by atoms with E-state index >= 15 is 0 Å². The van der Waals surface area contributed by atoms with Gasteiger partial charge in [0.1, 0.15) is 0 Å². The highest BCUT2D eigenvalue weighted by Gasteiger charge is 2.13. The molecule has 0 atom stereocenters. The molecular formula is C9H8ClN3O2. The molecule has 0 N–H and O–H groups in total. The summed E-state index contributed by atoms with van der Waals surface area (Å²) >= 11 is 5.61. The summed E-state index contributed by atoms with van der Waals surface area (Å²) in [6.07, 6.45) is 3.12. The molecule has 0 bridgehead atoms. The normalized spacial score (nSPS) is 10.5. The first kappa shape index (κ1) is 9.92. The number of nitrogens with zero attached hydrogens (tertiary/aromatic N) is 3. The first-order valence-corrected chi connectivity index (χ1v) is 4.77. The average molecular weight is 226 g/mol. The molecule has 2 rings (SSSR count). The minimum Gasteiger partial charge on any atom is -0.462 e.